The van der Waals surface area contributed by atoms with Gasteiger partial charge in [0.05, 0.1) is 0 Å². The van der Waals surface area contributed by atoms with E-state index in [-0.39, 0.29) is 5.56 Å². The molecular weight excluding hydrogens is 283 g/mol. The molecule has 0 heterocycles. The number of hydrogen-bond donors (Lipinski definition) is 1. The minimum atomic E-state index is -4.80. The number of nitrogens with two attached hydrogens (primary N) is 1. The molecule has 0 amide bonds. The Kier molecular flexibility index (Phi) is 3.88. The molecule has 6 heteroatoms. The zero-order valence-corrected chi connectivity index (χ0v) is 11.1. The van der Waals surface area contributed by atoms with Crippen LogP contribution in [-0.2, 0) is 0 Å². The van der Waals surface area contributed by atoms with Gasteiger partial charge in [-0.3, -0.25) is 4.79 Å². The van der Waals surface area contributed by atoms with Crippen LogP contribution in [-0.4, -0.2) is 12.1 Å². The van der Waals surface area contributed by atoms with Crippen molar-refractivity contribution in [3.8, 4) is 5.75 Å². The topological polar surface area (TPSA) is 52.3 Å². The summed E-state index contributed by atoms with van der Waals surface area (Å²) in [5.74, 6) is -0.845. The summed E-state index contributed by atoms with van der Waals surface area (Å²) in [6, 6.07) is 9.78. The van der Waals surface area contributed by atoms with Gasteiger partial charge in [-0.1, -0.05) is 24.3 Å². The van der Waals surface area contributed by atoms with E-state index >= 15 is 0 Å². The van der Waals surface area contributed by atoms with Crippen LogP contribution in [0.4, 0.5) is 18.9 Å². The average molecular weight is 295 g/mol. The van der Waals surface area contributed by atoms with Crippen molar-refractivity contribution in [1.29, 1.82) is 0 Å². The largest absolute Gasteiger partial charge is 0.573 e. The summed E-state index contributed by atoms with van der Waals surface area (Å²) in [6.07, 6.45) is -4.80. The number of rotatable bonds is 3. The van der Waals surface area contributed by atoms with Crippen molar-refractivity contribution in [1.82, 2.24) is 0 Å². The lowest BCUT2D eigenvalue weighted by molar-refractivity contribution is -0.274. The molecule has 3 nitrogen and oxygen atoms in total. The predicted molar refractivity (Wildman–Crippen MR) is 72.1 cm³/mol. The van der Waals surface area contributed by atoms with E-state index in [0.29, 0.717) is 16.8 Å². The van der Waals surface area contributed by atoms with E-state index in [2.05, 4.69) is 4.74 Å². The van der Waals surface area contributed by atoms with Crippen molar-refractivity contribution < 1.29 is 22.7 Å². The van der Waals surface area contributed by atoms with Gasteiger partial charge in [0.1, 0.15) is 5.75 Å². The first-order valence-electron chi connectivity index (χ1n) is 6.03. The maximum atomic E-state index is 12.3. The number of hydrogen-bond acceptors (Lipinski definition) is 3. The Morgan fingerprint density at radius 1 is 1.14 bits per heavy atom. The zero-order valence-electron chi connectivity index (χ0n) is 11.1. The van der Waals surface area contributed by atoms with Crippen molar-refractivity contribution in [2.24, 2.45) is 0 Å². The summed E-state index contributed by atoms with van der Waals surface area (Å²) in [7, 11) is 0. The van der Waals surface area contributed by atoms with Crippen LogP contribution in [0.15, 0.2) is 42.5 Å². The third-order valence-corrected chi connectivity index (χ3v) is 2.95. The van der Waals surface area contributed by atoms with Gasteiger partial charge in [0.15, 0.2) is 5.78 Å². The van der Waals surface area contributed by atoms with Crippen molar-refractivity contribution >= 4 is 11.5 Å². The Labute approximate surface area is 119 Å². The van der Waals surface area contributed by atoms with E-state index in [1.807, 2.05) is 0 Å². The number of carbonyl (C=O) groups excluding carboxylic acids is 1. The SMILES string of the molecule is Cc1c(N)cccc1C(=O)c1cccc(OC(F)(F)F)c1. The Balaban J connectivity index is 2.36. The number of ketones is 1. The molecule has 2 aromatic carbocycles. The van der Waals surface area contributed by atoms with E-state index in [1.165, 1.54) is 12.1 Å². The number of benzene rings is 2. The van der Waals surface area contributed by atoms with E-state index in [9.17, 15) is 18.0 Å². The van der Waals surface area contributed by atoms with Gasteiger partial charge in [0, 0.05) is 16.8 Å². The molecule has 0 aliphatic carbocycles. The Bertz CT molecular complexity index is 681. The summed E-state index contributed by atoms with van der Waals surface area (Å²) in [5.41, 5.74) is 7.21. The number of nitrogen functional groups attached to an aromatic ring is 1. The molecule has 0 aliphatic rings. The number of carbonyl (C=O) groups is 1. The van der Waals surface area contributed by atoms with Gasteiger partial charge >= 0.3 is 6.36 Å². The second-order valence-electron chi connectivity index (χ2n) is 4.42. The van der Waals surface area contributed by atoms with E-state index in [4.69, 9.17) is 5.73 Å². The van der Waals surface area contributed by atoms with Crippen molar-refractivity contribution in [3.63, 3.8) is 0 Å². The van der Waals surface area contributed by atoms with Gasteiger partial charge in [-0.2, -0.15) is 0 Å². The second kappa shape index (κ2) is 5.47. The monoisotopic (exact) mass is 295 g/mol. The highest BCUT2D eigenvalue weighted by Gasteiger charge is 2.31. The summed E-state index contributed by atoms with van der Waals surface area (Å²) < 4.78 is 40.4. The number of alkyl halides is 3. The van der Waals surface area contributed by atoms with Gasteiger partial charge < -0.3 is 10.5 Å². The molecule has 0 unspecified atom stereocenters. The second-order valence-corrected chi connectivity index (χ2v) is 4.42. The lowest BCUT2D eigenvalue weighted by Crippen LogP contribution is -2.17. The first-order chi connectivity index (χ1) is 9.78. The quantitative estimate of drug-likeness (QED) is 0.693. The van der Waals surface area contributed by atoms with Crippen LogP contribution in [0.5, 0.6) is 5.75 Å². The molecule has 21 heavy (non-hydrogen) atoms. The fourth-order valence-electron chi connectivity index (χ4n) is 1.89. The van der Waals surface area contributed by atoms with Crippen molar-refractivity contribution in [3.05, 3.63) is 59.2 Å². The number of ether oxygens (including phenoxy) is 1. The summed E-state index contributed by atoms with van der Waals surface area (Å²) in [5, 5.41) is 0. The van der Waals surface area contributed by atoms with Crippen molar-refractivity contribution in [2.75, 3.05) is 5.73 Å². The Hall–Kier alpha value is -2.50. The molecule has 2 rings (SSSR count). The van der Waals surface area contributed by atoms with Crippen LogP contribution in [0.1, 0.15) is 21.5 Å². The van der Waals surface area contributed by atoms with Crippen LogP contribution >= 0.6 is 0 Å². The number of anilines is 1. The number of halogens is 3. The van der Waals surface area contributed by atoms with Gasteiger partial charge in [0.25, 0.3) is 0 Å². The van der Waals surface area contributed by atoms with Gasteiger partial charge in [-0.25, -0.2) is 0 Å². The highest BCUT2D eigenvalue weighted by atomic mass is 19.4. The molecule has 0 radical (unpaired) electrons. The van der Waals surface area contributed by atoms with Crippen LogP contribution in [0.3, 0.4) is 0 Å². The molecule has 0 fully saturated rings. The summed E-state index contributed by atoms with van der Waals surface area (Å²) in [4.78, 5) is 12.3. The third-order valence-electron chi connectivity index (χ3n) is 2.95. The van der Waals surface area contributed by atoms with Gasteiger partial charge in [-0.05, 0) is 30.7 Å². The third kappa shape index (κ3) is 3.53. The van der Waals surface area contributed by atoms with E-state index in [0.717, 1.165) is 12.1 Å². The summed E-state index contributed by atoms with van der Waals surface area (Å²) in [6.45, 7) is 1.68. The molecule has 0 aliphatic heterocycles. The lowest BCUT2D eigenvalue weighted by Gasteiger charge is -2.11. The molecule has 110 valence electrons. The lowest BCUT2D eigenvalue weighted by atomic mass is 9.98. The van der Waals surface area contributed by atoms with Crippen molar-refractivity contribution in [2.45, 2.75) is 13.3 Å². The molecule has 2 N–H and O–H groups in total. The van der Waals surface area contributed by atoms with E-state index in [1.54, 1.807) is 25.1 Å². The highest BCUT2D eigenvalue weighted by Crippen LogP contribution is 2.25. The molecule has 0 atom stereocenters. The Morgan fingerprint density at radius 2 is 1.81 bits per heavy atom. The molecule has 2 aromatic rings. The highest BCUT2D eigenvalue weighted by molar-refractivity contribution is 6.10. The minimum Gasteiger partial charge on any atom is -0.406 e. The average Bonchev–Trinajstić information content (AvgIpc) is 2.39. The van der Waals surface area contributed by atoms with Gasteiger partial charge in [0.2, 0.25) is 0 Å². The molecule has 0 spiro atoms. The van der Waals surface area contributed by atoms with Crippen LogP contribution < -0.4 is 10.5 Å². The summed E-state index contributed by atoms with van der Waals surface area (Å²) >= 11 is 0. The molecule has 0 saturated heterocycles. The Morgan fingerprint density at radius 3 is 2.48 bits per heavy atom. The smallest absolute Gasteiger partial charge is 0.406 e. The fourth-order valence-corrected chi connectivity index (χ4v) is 1.89. The predicted octanol–water partition coefficient (Wildman–Crippen LogP) is 3.71. The molecule has 0 bridgehead atoms. The molecule has 0 aromatic heterocycles. The van der Waals surface area contributed by atoms with Crippen LogP contribution in [0.2, 0.25) is 0 Å². The fraction of sp³-hybridized carbons (Fsp3) is 0.133. The van der Waals surface area contributed by atoms with Crippen LogP contribution in [0, 0.1) is 6.92 Å². The standard InChI is InChI=1S/C15H12F3NO2/c1-9-12(6-3-7-13(9)19)14(20)10-4-2-5-11(8-10)21-15(16,17)18/h2-8H,19H2,1H3. The maximum absolute atomic E-state index is 12.3. The minimum absolute atomic E-state index is 0.102. The zero-order chi connectivity index (χ0) is 15.6. The molecular formula is C15H12F3NO2. The first-order valence-corrected chi connectivity index (χ1v) is 6.03. The van der Waals surface area contributed by atoms with Crippen LogP contribution in [0.25, 0.3) is 0 Å². The van der Waals surface area contributed by atoms with Gasteiger partial charge in [-0.15, -0.1) is 13.2 Å². The first kappa shape index (κ1) is 14.9. The normalized spacial score (nSPS) is 11.2. The molecule has 0 saturated carbocycles. The van der Waals surface area contributed by atoms with E-state index < -0.39 is 17.9 Å². The maximum Gasteiger partial charge on any atom is 0.573 e.